The highest BCUT2D eigenvalue weighted by atomic mass is 35.5. The first kappa shape index (κ1) is 15.0. The number of carbonyl (C=O) groups excluding carboxylic acids is 1. The molecule has 0 unspecified atom stereocenters. The molecule has 1 aliphatic carbocycles. The lowest BCUT2D eigenvalue weighted by atomic mass is 10.1. The summed E-state index contributed by atoms with van der Waals surface area (Å²) in [4.78, 5) is 12.4. The third-order valence-electron chi connectivity index (χ3n) is 4.33. The number of aryl methyl sites for hydroxylation is 1. The average Bonchev–Trinajstić information content (AvgIpc) is 3.16. The first-order chi connectivity index (χ1) is 11.6. The summed E-state index contributed by atoms with van der Waals surface area (Å²) >= 11 is 6.18. The van der Waals surface area contributed by atoms with E-state index in [2.05, 4.69) is 0 Å². The van der Waals surface area contributed by atoms with Gasteiger partial charge in [0.05, 0.1) is 0 Å². The molecule has 24 heavy (non-hydrogen) atoms. The lowest BCUT2D eigenvalue weighted by Crippen LogP contribution is -1.94. The smallest absolute Gasteiger partial charge is 0.189 e. The van der Waals surface area contributed by atoms with Crippen LogP contribution in [0.15, 0.2) is 64.6 Å². The first-order valence-electron chi connectivity index (χ1n) is 7.81. The summed E-state index contributed by atoms with van der Waals surface area (Å²) < 4.78 is 5.89. The molecule has 0 bridgehead atoms. The predicted octanol–water partition coefficient (Wildman–Crippen LogP) is 5.73. The van der Waals surface area contributed by atoms with E-state index in [0.29, 0.717) is 17.2 Å². The molecule has 118 valence electrons. The van der Waals surface area contributed by atoms with Gasteiger partial charge in [0.2, 0.25) is 0 Å². The molecule has 2 aromatic carbocycles. The predicted molar refractivity (Wildman–Crippen MR) is 96.3 cm³/mol. The highest BCUT2D eigenvalue weighted by Gasteiger charge is 2.24. The van der Waals surface area contributed by atoms with E-state index in [0.717, 1.165) is 33.6 Å². The zero-order valence-corrected chi connectivity index (χ0v) is 13.9. The maximum absolute atomic E-state index is 12.4. The molecule has 0 atom stereocenters. The van der Waals surface area contributed by atoms with Crippen molar-refractivity contribution in [3.63, 3.8) is 0 Å². The molecule has 1 aliphatic rings. The van der Waals surface area contributed by atoms with Gasteiger partial charge in [-0.3, -0.25) is 4.79 Å². The van der Waals surface area contributed by atoms with Gasteiger partial charge in [-0.15, -0.1) is 0 Å². The van der Waals surface area contributed by atoms with Crippen molar-refractivity contribution in [1.29, 1.82) is 0 Å². The van der Waals surface area contributed by atoms with Crippen LogP contribution in [0.2, 0.25) is 5.02 Å². The summed E-state index contributed by atoms with van der Waals surface area (Å²) in [5.74, 6) is 1.51. The number of hydrogen-bond donors (Lipinski definition) is 0. The molecule has 1 heterocycles. The Morgan fingerprint density at radius 2 is 1.92 bits per heavy atom. The van der Waals surface area contributed by atoms with Crippen LogP contribution in [-0.2, 0) is 6.42 Å². The third-order valence-corrected chi connectivity index (χ3v) is 4.74. The molecule has 0 aliphatic heterocycles. The SMILES string of the molecule is Cc1ccc(-c2ccc(/C=C3\Cc4ccccc4C3=O)o2)cc1Cl. The van der Waals surface area contributed by atoms with Crippen LogP contribution in [0.5, 0.6) is 0 Å². The van der Waals surface area contributed by atoms with Crippen molar-refractivity contribution >= 4 is 23.5 Å². The molecule has 0 radical (unpaired) electrons. The van der Waals surface area contributed by atoms with Crippen molar-refractivity contribution < 1.29 is 9.21 Å². The Bertz CT molecular complexity index is 979. The van der Waals surface area contributed by atoms with Crippen LogP contribution in [0.25, 0.3) is 17.4 Å². The van der Waals surface area contributed by atoms with Crippen LogP contribution >= 0.6 is 11.6 Å². The molecule has 0 amide bonds. The van der Waals surface area contributed by atoms with Gasteiger partial charge >= 0.3 is 0 Å². The lowest BCUT2D eigenvalue weighted by molar-refractivity contribution is 0.104. The van der Waals surface area contributed by atoms with Crippen LogP contribution in [-0.4, -0.2) is 5.78 Å². The number of halogens is 1. The Morgan fingerprint density at radius 3 is 2.71 bits per heavy atom. The zero-order valence-electron chi connectivity index (χ0n) is 13.2. The van der Waals surface area contributed by atoms with Crippen molar-refractivity contribution in [3.8, 4) is 11.3 Å². The maximum atomic E-state index is 12.4. The second kappa shape index (κ2) is 5.81. The van der Waals surface area contributed by atoms with E-state index in [-0.39, 0.29) is 5.78 Å². The number of carbonyl (C=O) groups is 1. The summed E-state index contributed by atoms with van der Waals surface area (Å²) in [5.41, 5.74) is 4.59. The van der Waals surface area contributed by atoms with Gasteiger partial charge < -0.3 is 4.42 Å². The van der Waals surface area contributed by atoms with E-state index in [1.165, 1.54) is 0 Å². The molecular weight excluding hydrogens is 320 g/mol. The van der Waals surface area contributed by atoms with E-state index in [1.807, 2.05) is 67.6 Å². The molecule has 0 saturated heterocycles. The highest BCUT2D eigenvalue weighted by Crippen LogP contribution is 2.30. The number of benzene rings is 2. The maximum Gasteiger partial charge on any atom is 0.189 e. The lowest BCUT2D eigenvalue weighted by Gasteiger charge is -2.01. The second-order valence-corrected chi connectivity index (χ2v) is 6.41. The topological polar surface area (TPSA) is 30.2 Å². The summed E-state index contributed by atoms with van der Waals surface area (Å²) in [6, 6.07) is 17.3. The summed E-state index contributed by atoms with van der Waals surface area (Å²) in [6.07, 6.45) is 2.49. The monoisotopic (exact) mass is 334 g/mol. The molecule has 4 rings (SSSR count). The number of allylic oxidation sites excluding steroid dienone is 1. The number of ketones is 1. The van der Waals surface area contributed by atoms with E-state index >= 15 is 0 Å². The van der Waals surface area contributed by atoms with E-state index in [1.54, 1.807) is 0 Å². The van der Waals surface area contributed by atoms with Crippen LogP contribution in [0.1, 0.15) is 27.2 Å². The number of fused-ring (bicyclic) bond motifs is 1. The molecule has 3 heteroatoms. The Kier molecular flexibility index (Phi) is 3.62. The van der Waals surface area contributed by atoms with Crippen molar-refractivity contribution in [2.75, 3.05) is 0 Å². The van der Waals surface area contributed by atoms with Crippen molar-refractivity contribution in [2.24, 2.45) is 0 Å². The van der Waals surface area contributed by atoms with Gasteiger partial charge in [0.15, 0.2) is 5.78 Å². The van der Waals surface area contributed by atoms with Crippen LogP contribution < -0.4 is 0 Å². The van der Waals surface area contributed by atoms with Gasteiger partial charge in [-0.25, -0.2) is 0 Å². The van der Waals surface area contributed by atoms with Crippen LogP contribution in [0, 0.1) is 6.92 Å². The quantitative estimate of drug-likeness (QED) is 0.560. The third kappa shape index (κ3) is 2.59. The molecule has 2 nitrogen and oxygen atoms in total. The molecule has 0 saturated carbocycles. The molecule has 0 spiro atoms. The minimum atomic E-state index is 0.0851. The Labute approximate surface area is 145 Å². The van der Waals surface area contributed by atoms with Gasteiger partial charge in [-0.2, -0.15) is 0 Å². The van der Waals surface area contributed by atoms with Gasteiger partial charge in [0.1, 0.15) is 11.5 Å². The highest BCUT2D eigenvalue weighted by molar-refractivity contribution is 6.31. The second-order valence-electron chi connectivity index (χ2n) is 6.00. The molecule has 1 aromatic heterocycles. The van der Waals surface area contributed by atoms with E-state index < -0.39 is 0 Å². The molecule has 0 N–H and O–H groups in total. The van der Waals surface area contributed by atoms with Gasteiger partial charge in [0, 0.05) is 28.1 Å². The largest absolute Gasteiger partial charge is 0.457 e. The fourth-order valence-electron chi connectivity index (χ4n) is 2.97. The number of Topliss-reactive ketones (excluding diaryl/α,β-unsaturated/α-hetero) is 1. The Hall–Kier alpha value is -2.58. The zero-order chi connectivity index (χ0) is 16.7. The standard InChI is InChI=1S/C21H15ClO2/c1-13-6-7-15(12-19(13)22)20-9-8-17(24-20)11-16-10-14-4-2-3-5-18(14)21(16)23/h2-9,11-12H,10H2,1H3/b16-11+. The Morgan fingerprint density at radius 1 is 1.08 bits per heavy atom. The summed E-state index contributed by atoms with van der Waals surface area (Å²) in [6.45, 7) is 1.97. The molecular formula is C21H15ClO2. The molecule has 3 aromatic rings. The normalized spacial score (nSPS) is 15.1. The summed E-state index contributed by atoms with van der Waals surface area (Å²) in [7, 11) is 0. The fourth-order valence-corrected chi connectivity index (χ4v) is 3.15. The van der Waals surface area contributed by atoms with Gasteiger partial charge in [0.25, 0.3) is 0 Å². The Balaban J connectivity index is 1.64. The minimum absolute atomic E-state index is 0.0851. The summed E-state index contributed by atoms with van der Waals surface area (Å²) in [5, 5.41) is 0.713. The average molecular weight is 335 g/mol. The fraction of sp³-hybridized carbons (Fsp3) is 0.0952. The van der Waals surface area contributed by atoms with Crippen molar-refractivity contribution in [2.45, 2.75) is 13.3 Å². The van der Waals surface area contributed by atoms with Crippen molar-refractivity contribution in [3.05, 3.63) is 87.6 Å². The van der Waals surface area contributed by atoms with Gasteiger partial charge in [-0.1, -0.05) is 48.0 Å². The number of furan rings is 1. The van der Waals surface area contributed by atoms with Gasteiger partial charge in [-0.05, 0) is 42.3 Å². The van der Waals surface area contributed by atoms with E-state index in [4.69, 9.17) is 16.0 Å². The number of hydrogen-bond acceptors (Lipinski definition) is 2. The first-order valence-corrected chi connectivity index (χ1v) is 8.19. The number of rotatable bonds is 2. The van der Waals surface area contributed by atoms with Crippen LogP contribution in [0.4, 0.5) is 0 Å². The van der Waals surface area contributed by atoms with Crippen molar-refractivity contribution in [1.82, 2.24) is 0 Å². The van der Waals surface area contributed by atoms with E-state index in [9.17, 15) is 4.79 Å². The molecule has 0 fully saturated rings. The van der Waals surface area contributed by atoms with Crippen LogP contribution in [0.3, 0.4) is 0 Å². The minimum Gasteiger partial charge on any atom is -0.457 e.